The van der Waals surface area contributed by atoms with Gasteiger partial charge in [0.25, 0.3) is 0 Å². The monoisotopic (exact) mass is 412 g/mol. The minimum absolute atomic E-state index is 0.0465. The Morgan fingerprint density at radius 3 is 2.63 bits per heavy atom. The Kier molecular flexibility index (Phi) is 4.92. The zero-order chi connectivity index (χ0) is 21.5. The Hall–Kier alpha value is -0.600. The van der Waals surface area contributed by atoms with Gasteiger partial charge < -0.3 is 9.84 Å². The first-order valence-corrected chi connectivity index (χ1v) is 12.9. The molecule has 1 aliphatic heterocycles. The Balaban J connectivity index is 1.37. The van der Waals surface area contributed by atoms with E-state index in [9.17, 15) is 5.11 Å². The van der Waals surface area contributed by atoms with E-state index in [4.69, 9.17) is 4.74 Å². The second-order valence-corrected chi connectivity index (χ2v) is 12.6. The van der Waals surface area contributed by atoms with Crippen molar-refractivity contribution >= 4 is 0 Å². The van der Waals surface area contributed by atoms with Crippen LogP contribution in [0.5, 0.6) is 0 Å². The molecule has 0 aromatic rings. The van der Waals surface area contributed by atoms with E-state index in [1.807, 2.05) is 0 Å². The van der Waals surface area contributed by atoms with Crippen molar-refractivity contribution < 1.29 is 9.84 Å². The molecular weight excluding hydrogens is 368 g/mol. The smallest absolute Gasteiger partial charge is 0.107 e. The summed E-state index contributed by atoms with van der Waals surface area (Å²) in [7, 11) is 0. The van der Waals surface area contributed by atoms with Crippen LogP contribution in [-0.4, -0.2) is 22.9 Å². The van der Waals surface area contributed by atoms with Crippen molar-refractivity contribution in [2.45, 2.75) is 110 Å². The highest BCUT2D eigenvalue weighted by molar-refractivity contribution is 5.38. The minimum Gasteiger partial charge on any atom is -0.393 e. The summed E-state index contributed by atoms with van der Waals surface area (Å²) in [6.07, 6.45) is 13.6. The molecule has 2 nitrogen and oxygen atoms in total. The molecule has 2 heteroatoms. The van der Waals surface area contributed by atoms with Crippen LogP contribution in [-0.2, 0) is 4.74 Å². The fourth-order valence-electron chi connectivity index (χ4n) is 8.78. The number of aliphatic hydroxyl groups is 1. The van der Waals surface area contributed by atoms with Crippen LogP contribution in [0.15, 0.2) is 23.8 Å². The van der Waals surface area contributed by atoms with E-state index < -0.39 is 0 Å². The summed E-state index contributed by atoms with van der Waals surface area (Å²) in [5.74, 6) is 3.67. The zero-order valence-electron chi connectivity index (χ0n) is 20.0. The van der Waals surface area contributed by atoms with Crippen LogP contribution in [0.3, 0.4) is 0 Å². The molecule has 4 aliphatic carbocycles. The van der Waals surface area contributed by atoms with Crippen LogP contribution in [0.4, 0.5) is 0 Å². The minimum atomic E-state index is -0.163. The van der Waals surface area contributed by atoms with Crippen LogP contribution in [0.25, 0.3) is 0 Å². The maximum atomic E-state index is 10.4. The topological polar surface area (TPSA) is 32.8 Å². The third-order valence-corrected chi connectivity index (χ3v) is 11.0. The molecule has 1 N–H and O–H groups in total. The lowest BCUT2D eigenvalue weighted by Gasteiger charge is -2.56. The van der Waals surface area contributed by atoms with E-state index in [-0.39, 0.29) is 23.2 Å². The molecule has 1 spiro atoms. The lowest BCUT2D eigenvalue weighted by Crippen LogP contribution is -2.55. The number of fused-ring (bicyclic) bond motifs is 4. The molecule has 0 radical (unpaired) electrons. The summed E-state index contributed by atoms with van der Waals surface area (Å²) in [6.45, 7) is 16.5. The average molecular weight is 413 g/mol. The summed E-state index contributed by atoms with van der Waals surface area (Å²) in [4.78, 5) is 0. The van der Waals surface area contributed by atoms with Crippen LogP contribution in [0, 0.1) is 40.4 Å². The van der Waals surface area contributed by atoms with Crippen LogP contribution in [0.2, 0.25) is 0 Å². The van der Waals surface area contributed by atoms with Crippen molar-refractivity contribution in [3.05, 3.63) is 23.8 Å². The number of epoxide rings is 1. The number of hydrogen-bond donors (Lipinski definition) is 1. The van der Waals surface area contributed by atoms with Gasteiger partial charge in [-0.25, -0.2) is 0 Å². The van der Waals surface area contributed by atoms with Gasteiger partial charge in [0.05, 0.1) is 6.10 Å². The van der Waals surface area contributed by atoms with E-state index >= 15 is 0 Å². The Morgan fingerprint density at radius 1 is 1.13 bits per heavy atom. The molecule has 5 rings (SSSR count). The van der Waals surface area contributed by atoms with Gasteiger partial charge >= 0.3 is 0 Å². The molecule has 30 heavy (non-hydrogen) atoms. The van der Waals surface area contributed by atoms with Crippen molar-refractivity contribution in [1.82, 2.24) is 0 Å². The third-order valence-electron chi connectivity index (χ3n) is 11.0. The van der Waals surface area contributed by atoms with Crippen molar-refractivity contribution in [2.24, 2.45) is 40.4 Å². The van der Waals surface area contributed by atoms with Crippen LogP contribution in [0.1, 0.15) is 92.4 Å². The summed E-state index contributed by atoms with van der Waals surface area (Å²) in [6, 6.07) is 0. The summed E-state index contributed by atoms with van der Waals surface area (Å²) >= 11 is 0. The number of ether oxygens (including phenoxy) is 1. The maximum absolute atomic E-state index is 10.4. The maximum Gasteiger partial charge on any atom is 0.107 e. The number of aliphatic hydroxyl groups excluding tert-OH is 1. The first-order chi connectivity index (χ1) is 14.1. The van der Waals surface area contributed by atoms with Crippen LogP contribution >= 0.6 is 0 Å². The fraction of sp³-hybridized carbons (Fsp3) is 0.857. The van der Waals surface area contributed by atoms with E-state index in [1.54, 1.807) is 5.57 Å². The predicted octanol–water partition coefficient (Wildman–Crippen LogP) is 6.69. The first kappa shape index (κ1) is 21.3. The van der Waals surface area contributed by atoms with Gasteiger partial charge in [0.1, 0.15) is 11.7 Å². The van der Waals surface area contributed by atoms with Gasteiger partial charge in [-0.3, -0.25) is 0 Å². The van der Waals surface area contributed by atoms with Gasteiger partial charge in [-0.2, -0.15) is 0 Å². The lowest BCUT2D eigenvalue weighted by atomic mass is 9.47. The molecule has 1 heterocycles. The normalized spacial score (nSPS) is 50.1. The standard InChI is InChI=1S/C28H44O2/c1-17(2)18(3)7-8-19(4)22-9-10-23-21-15-25-28(30-25)16-20(29)11-14-27(28,6)24(21)12-13-26(22,23)5/h15,17,19-20,22-25,29H,3,7-14,16H2,1-2,4-6H3. The van der Waals surface area contributed by atoms with E-state index in [0.29, 0.717) is 17.3 Å². The Labute approximate surface area is 184 Å². The van der Waals surface area contributed by atoms with E-state index in [2.05, 4.69) is 47.3 Å². The molecule has 4 fully saturated rings. The molecule has 1 saturated heterocycles. The van der Waals surface area contributed by atoms with Crippen LogP contribution < -0.4 is 0 Å². The zero-order valence-corrected chi connectivity index (χ0v) is 20.0. The SMILES string of the molecule is C=C(CCC(C)C1CCC2C3=CC4OC45CC(O)CCC5(C)C3CCC21C)C(C)C. The molecular formula is C28H44O2. The van der Waals surface area contributed by atoms with Crippen molar-refractivity contribution in [1.29, 1.82) is 0 Å². The molecule has 5 aliphatic rings. The van der Waals surface area contributed by atoms with Crippen molar-refractivity contribution in [3.63, 3.8) is 0 Å². The number of rotatable bonds is 5. The van der Waals surface area contributed by atoms with Crippen molar-refractivity contribution in [3.8, 4) is 0 Å². The van der Waals surface area contributed by atoms with E-state index in [1.165, 1.54) is 44.1 Å². The molecule has 3 saturated carbocycles. The fourth-order valence-corrected chi connectivity index (χ4v) is 8.78. The largest absolute Gasteiger partial charge is 0.393 e. The lowest BCUT2D eigenvalue weighted by molar-refractivity contribution is -0.0536. The van der Waals surface area contributed by atoms with Gasteiger partial charge in [-0.15, -0.1) is 0 Å². The molecule has 9 atom stereocenters. The highest BCUT2D eigenvalue weighted by Crippen LogP contribution is 2.72. The summed E-state index contributed by atoms with van der Waals surface area (Å²) in [5.41, 5.74) is 3.84. The van der Waals surface area contributed by atoms with E-state index in [0.717, 1.165) is 37.0 Å². The molecule has 9 unspecified atom stereocenters. The molecule has 0 amide bonds. The number of allylic oxidation sites excluding steroid dienone is 2. The third kappa shape index (κ3) is 2.81. The van der Waals surface area contributed by atoms with Gasteiger partial charge in [-0.05, 0) is 86.4 Å². The highest BCUT2D eigenvalue weighted by Gasteiger charge is 2.73. The number of hydrogen-bond acceptors (Lipinski definition) is 2. The summed E-state index contributed by atoms with van der Waals surface area (Å²) < 4.78 is 6.43. The second-order valence-electron chi connectivity index (χ2n) is 12.6. The van der Waals surface area contributed by atoms with Gasteiger partial charge in [-0.1, -0.05) is 58.4 Å². The quantitative estimate of drug-likeness (QED) is 0.403. The van der Waals surface area contributed by atoms with Crippen molar-refractivity contribution in [2.75, 3.05) is 0 Å². The Bertz CT molecular complexity index is 752. The molecule has 0 bridgehead atoms. The van der Waals surface area contributed by atoms with Gasteiger partial charge in [0.15, 0.2) is 0 Å². The van der Waals surface area contributed by atoms with Gasteiger partial charge in [0.2, 0.25) is 0 Å². The highest BCUT2D eigenvalue weighted by atomic mass is 16.6. The molecule has 0 aromatic heterocycles. The molecule has 168 valence electrons. The van der Waals surface area contributed by atoms with Gasteiger partial charge in [0, 0.05) is 11.8 Å². The first-order valence-electron chi connectivity index (χ1n) is 12.9. The predicted molar refractivity (Wildman–Crippen MR) is 123 cm³/mol. The second kappa shape index (κ2) is 6.95. The average Bonchev–Trinajstić information content (AvgIpc) is 3.27. The summed E-state index contributed by atoms with van der Waals surface area (Å²) in [5, 5.41) is 10.4. The Morgan fingerprint density at radius 2 is 1.90 bits per heavy atom. The molecule has 0 aromatic carbocycles.